The van der Waals surface area contributed by atoms with Crippen molar-refractivity contribution in [2.45, 2.75) is 46.8 Å². The molecule has 2 aromatic rings. The van der Waals surface area contributed by atoms with Crippen LogP contribution >= 0.6 is 0 Å². The number of rotatable bonds is 5. The first-order valence-electron chi connectivity index (χ1n) is 8.05. The number of aryl methyl sites for hydroxylation is 1. The molecule has 5 heteroatoms. The van der Waals surface area contributed by atoms with E-state index in [4.69, 9.17) is 0 Å². The van der Waals surface area contributed by atoms with Crippen LogP contribution in [0.25, 0.3) is 0 Å². The highest BCUT2D eigenvalue weighted by atomic mass is 15.3. The Bertz CT molecular complexity index is 656. The molecule has 0 saturated heterocycles. The second-order valence-corrected chi connectivity index (χ2v) is 6.02. The van der Waals surface area contributed by atoms with Crippen molar-refractivity contribution in [3.63, 3.8) is 0 Å². The molecule has 1 aromatic carbocycles. The van der Waals surface area contributed by atoms with Crippen molar-refractivity contribution in [3.05, 3.63) is 52.8 Å². The normalized spacial score (nSPS) is 11.8. The summed E-state index contributed by atoms with van der Waals surface area (Å²) < 4.78 is 2.07. The summed E-state index contributed by atoms with van der Waals surface area (Å²) in [6.07, 6.45) is 0. The maximum atomic E-state index is 4.69. The third kappa shape index (κ3) is 4.58. The molecule has 0 aliphatic heterocycles. The van der Waals surface area contributed by atoms with E-state index < -0.39 is 0 Å². The predicted octanol–water partition coefficient (Wildman–Crippen LogP) is 2.62. The van der Waals surface area contributed by atoms with Crippen LogP contribution in [-0.4, -0.2) is 28.8 Å². The van der Waals surface area contributed by atoms with E-state index in [1.54, 1.807) is 7.05 Å². The van der Waals surface area contributed by atoms with Gasteiger partial charge >= 0.3 is 0 Å². The first kappa shape index (κ1) is 17.1. The van der Waals surface area contributed by atoms with Crippen LogP contribution in [0.4, 0.5) is 0 Å². The fourth-order valence-electron chi connectivity index (χ4n) is 2.54. The monoisotopic (exact) mass is 313 g/mol. The third-order valence-electron chi connectivity index (χ3n) is 3.79. The van der Waals surface area contributed by atoms with Gasteiger partial charge in [-0.25, -0.2) is 0 Å². The van der Waals surface area contributed by atoms with Gasteiger partial charge in [0.25, 0.3) is 0 Å². The van der Waals surface area contributed by atoms with Gasteiger partial charge in [-0.2, -0.15) is 5.10 Å². The molecule has 1 aromatic heterocycles. The molecule has 0 fully saturated rings. The van der Waals surface area contributed by atoms with Crippen molar-refractivity contribution in [2.24, 2.45) is 4.99 Å². The van der Waals surface area contributed by atoms with Crippen LogP contribution in [-0.2, 0) is 13.1 Å². The first-order chi connectivity index (χ1) is 11.0. The van der Waals surface area contributed by atoms with Gasteiger partial charge in [-0.3, -0.25) is 9.67 Å². The number of hydrogen-bond donors (Lipinski definition) is 2. The molecular formula is C18H27N5. The molecule has 0 aliphatic rings. The molecule has 5 nitrogen and oxygen atoms in total. The second-order valence-electron chi connectivity index (χ2n) is 6.02. The lowest BCUT2D eigenvalue weighted by Gasteiger charge is -2.14. The van der Waals surface area contributed by atoms with E-state index in [0.717, 1.165) is 24.7 Å². The van der Waals surface area contributed by atoms with Crippen molar-refractivity contribution in [3.8, 4) is 0 Å². The molecule has 0 spiro atoms. The van der Waals surface area contributed by atoms with E-state index in [0.29, 0.717) is 6.04 Å². The molecule has 1 heterocycles. The summed E-state index contributed by atoms with van der Waals surface area (Å²) >= 11 is 0. The second kappa shape index (κ2) is 7.81. The molecule has 0 bridgehead atoms. The van der Waals surface area contributed by atoms with Crippen LogP contribution in [0.1, 0.15) is 36.4 Å². The first-order valence-corrected chi connectivity index (χ1v) is 8.05. The van der Waals surface area contributed by atoms with Crippen LogP contribution in [0, 0.1) is 13.8 Å². The van der Waals surface area contributed by atoms with Crippen LogP contribution < -0.4 is 10.6 Å². The van der Waals surface area contributed by atoms with Crippen molar-refractivity contribution in [1.82, 2.24) is 20.4 Å². The van der Waals surface area contributed by atoms with E-state index in [1.807, 2.05) is 6.07 Å². The molecule has 0 amide bonds. The summed E-state index contributed by atoms with van der Waals surface area (Å²) in [5.74, 6) is 0.814. The van der Waals surface area contributed by atoms with Gasteiger partial charge in [0.2, 0.25) is 0 Å². The van der Waals surface area contributed by atoms with Gasteiger partial charge in [-0.1, -0.05) is 30.3 Å². The Morgan fingerprint density at radius 2 is 1.91 bits per heavy atom. The molecule has 23 heavy (non-hydrogen) atoms. The average molecular weight is 313 g/mol. The zero-order chi connectivity index (χ0) is 16.8. The summed E-state index contributed by atoms with van der Waals surface area (Å²) in [5.41, 5.74) is 4.74. The maximum absolute atomic E-state index is 4.69. The van der Waals surface area contributed by atoms with E-state index in [1.165, 1.54) is 16.8 Å². The lowest BCUT2D eigenvalue weighted by atomic mass is 10.2. The number of guanidine groups is 1. The lowest BCUT2D eigenvalue weighted by Crippen LogP contribution is -2.40. The Hall–Kier alpha value is -2.30. The van der Waals surface area contributed by atoms with Gasteiger partial charge in [0.15, 0.2) is 5.96 Å². The zero-order valence-corrected chi connectivity index (χ0v) is 14.7. The smallest absolute Gasteiger partial charge is 0.191 e. The van der Waals surface area contributed by atoms with E-state index in [9.17, 15) is 0 Å². The molecule has 0 radical (unpaired) electrons. The van der Waals surface area contributed by atoms with Gasteiger partial charge in [-0.05, 0) is 33.3 Å². The molecule has 2 rings (SSSR count). The lowest BCUT2D eigenvalue weighted by molar-refractivity contribution is 0.657. The number of aromatic nitrogens is 2. The third-order valence-corrected chi connectivity index (χ3v) is 3.79. The fraction of sp³-hybridized carbons (Fsp3) is 0.444. The molecule has 0 aliphatic carbocycles. The van der Waals surface area contributed by atoms with E-state index in [-0.39, 0.29) is 0 Å². The van der Waals surface area contributed by atoms with Crippen molar-refractivity contribution in [2.75, 3.05) is 7.05 Å². The summed E-state index contributed by atoms with van der Waals surface area (Å²) in [6.45, 7) is 9.90. The van der Waals surface area contributed by atoms with Crippen LogP contribution in [0.5, 0.6) is 0 Å². The van der Waals surface area contributed by atoms with Crippen LogP contribution in [0.3, 0.4) is 0 Å². The highest BCUT2D eigenvalue weighted by molar-refractivity contribution is 5.79. The summed E-state index contributed by atoms with van der Waals surface area (Å²) in [7, 11) is 1.79. The minimum absolute atomic E-state index is 0.351. The molecule has 0 unspecified atom stereocenters. The number of benzene rings is 1. The number of nitrogens with one attached hydrogen (secondary N) is 2. The Kier molecular flexibility index (Phi) is 5.79. The molecular weight excluding hydrogens is 286 g/mol. The summed E-state index contributed by atoms with van der Waals surface area (Å²) in [4.78, 5) is 4.24. The van der Waals surface area contributed by atoms with Gasteiger partial charge in [0.05, 0.1) is 12.2 Å². The van der Waals surface area contributed by atoms with Gasteiger partial charge in [0, 0.05) is 30.9 Å². The van der Waals surface area contributed by atoms with Crippen molar-refractivity contribution < 1.29 is 0 Å². The molecule has 2 N–H and O–H groups in total. The minimum atomic E-state index is 0.351. The van der Waals surface area contributed by atoms with E-state index in [2.05, 4.69) is 77.4 Å². The van der Waals surface area contributed by atoms with Gasteiger partial charge in [-0.15, -0.1) is 0 Å². The minimum Gasteiger partial charge on any atom is -0.354 e. The Balaban J connectivity index is 2.08. The Morgan fingerprint density at radius 3 is 2.52 bits per heavy atom. The highest BCUT2D eigenvalue weighted by Crippen LogP contribution is 2.14. The number of hydrogen-bond acceptors (Lipinski definition) is 2. The van der Waals surface area contributed by atoms with Crippen LogP contribution in [0.2, 0.25) is 0 Å². The summed E-state index contributed by atoms with van der Waals surface area (Å²) in [6, 6.07) is 10.8. The number of nitrogens with zero attached hydrogens (tertiary/aromatic N) is 3. The topological polar surface area (TPSA) is 54.2 Å². The molecule has 0 atom stereocenters. The standard InChI is InChI=1S/C18H27N5/c1-13(2)21-18(19-5)20-11-17-14(3)22-23(15(17)4)12-16-9-7-6-8-10-16/h6-10,13H,11-12H2,1-5H3,(H2,19,20,21). The van der Waals surface area contributed by atoms with Crippen molar-refractivity contribution >= 4 is 5.96 Å². The van der Waals surface area contributed by atoms with Crippen LogP contribution in [0.15, 0.2) is 35.3 Å². The quantitative estimate of drug-likeness (QED) is 0.659. The summed E-state index contributed by atoms with van der Waals surface area (Å²) in [5, 5.41) is 11.3. The van der Waals surface area contributed by atoms with Gasteiger partial charge in [0.1, 0.15) is 0 Å². The maximum Gasteiger partial charge on any atom is 0.191 e. The molecule has 0 saturated carbocycles. The fourth-order valence-corrected chi connectivity index (χ4v) is 2.54. The SMILES string of the molecule is CN=C(NCc1c(C)nn(Cc2ccccc2)c1C)NC(C)C. The van der Waals surface area contributed by atoms with Gasteiger partial charge < -0.3 is 10.6 Å². The Morgan fingerprint density at radius 1 is 1.22 bits per heavy atom. The average Bonchev–Trinajstić information content (AvgIpc) is 2.78. The van der Waals surface area contributed by atoms with Crippen molar-refractivity contribution in [1.29, 1.82) is 0 Å². The number of aliphatic imine (C=N–C) groups is 1. The Labute approximate surface area is 138 Å². The highest BCUT2D eigenvalue weighted by Gasteiger charge is 2.12. The largest absolute Gasteiger partial charge is 0.354 e. The molecule has 124 valence electrons. The zero-order valence-electron chi connectivity index (χ0n) is 14.7. The van der Waals surface area contributed by atoms with E-state index >= 15 is 0 Å². The predicted molar refractivity (Wildman–Crippen MR) is 95.7 cm³/mol.